The maximum Gasteiger partial charge on any atom is 0.176 e. The molecule has 7 heteroatoms. The third-order valence-corrected chi connectivity index (χ3v) is 6.12. The van der Waals surface area contributed by atoms with Gasteiger partial charge in [-0.1, -0.05) is 30.3 Å². The Hall–Kier alpha value is -2.64. The van der Waals surface area contributed by atoms with E-state index in [1.165, 1.54) is 11.9 Å². The molecule has 31 heavy (non-hydrogen) atoms. The van der Waals surface area contributed by atoms with Gasteiger partial charge in [0, 0.05) is 26.1 Å². The number of carbonyl (C=O) groups excluding carboxylic acids is 1. The minimum absolute atomic E-state index is 0.0461. The Kier molecular flexibility index (Phi) is 6.43. The lowest BCUT2D eigenvalue weighted by Gasteiger charge is -2.33. The van der Waals surface area contributed by atoms with Crippen molar-refractivity contribution in [1.29, 1.82) is 0 Å². The Morgan fingerprint density at radius 1 is 1.13 bits per heavy atom. The quantitative estimate of drug-likeness (QED) is 0.675. The maximum absolute atomic E-state index is 14.5. The fraction of sp³-hybridized carbons (Fsp3) is 0.417. The molecule has 2 aromatic carbocycles. The largest absolute Gasteiger partial charge is 0.379 e. The Balaban J connectivity index is 1.66. The summed E-state index contributed by atoms with van der Waals surface area (Å²) < 4.78 is 33.8. The molecule has 2 aliphatic heterocycles. The second-order valence-electron chi connectivity index (χ2n) is 8.16. The van der Waals surface area contributed by atoms with E-state index in [1.54, 1.807) is 0 Å². The summed E-state index contributed by atoms with van der Waals surface area (Å²) in [6.07, 6.45) is 1.53. The van der Waals surface area contributed by atoms with Gasteiger partial charge < -0.3 is 4.74 Å². The van der Waals surface area contributed by atoms with Crippen LogP contribution in [0, 0.1) is 11.6 Å². The first-order valence-electron chi connectivity index (χ1n) is 10.7. The van der Waals surface area contributed by atoms with Crippen LogP contribution in [0.2, 0.25) is 0 Å². The maximum atomic E-state index is 14.5. The number of halogens is 2. The Bertz CT molecular complexity index is 961. The Labute approximate surface area is 181 Å². The summed E-state index contributed by atoms with van der Waals surface area (Å²) >= 11 is 0. The number of morpholine rings is 1. The predicted molar refractivity (Wildman–Crippen MR) is 116 cm³/mol. The molecule has 0 amide bonds. The summed E-state index contributed by atoms with van der Waals surface area (Å²) in [5.41, 5.74) is 0.720. The van der Waals surface area contributed by atoms with E-state index >= 15 is 0 Å². The topological polar surface area (TPSA) is 45.1 Å². The molecule has 1 saturated heterocycles. The van der Waals surface area contributed by atoms with E-state index in [0.29, 0.717) is 12.1 Å². The number of ketones is 1. The van der Waals surface area contributed by atoms with E-state index in [1.807, 2.05) is 30.3 Å². The number of rotatable bonds is 7. The average Bonchev–Trinajstić information content (AvgIpc) is 3.18. The number of anilines is 1. The molecular weight excluding hydrogens is 400 g/mol. The molecule has 5 nitrogen and oxygen atoms in total. The van der Waals surface area contributed by atoms with Crippen molar-refractivity contribution in [3.63, 3.8) is 0 Å². The zero-order valence-corrected chi connectivity index (χ0v) is 17.7. The molecule has 4 rings (SSSR count). The van der Waals surface area contributed by atoms with E-state index < -0.39 is 17.0 Å². The molecule has 164 valence electrons. The van der Waals surface area contributed by atoms with E-state index in [-0.39, 0.29) is 18.0 Å². The van der Waals surface area contributed by atoms with Crippen LogP contribution in [0.1, 0.15) is 25.3 Å². The summed E-state index contributed by atoms with van der Waals surface area (Å²) in [5.74, 6) is -1.26. The zero-order valence-electron chi connectivity index (χ0n) is 17.7. The van der Waals surface area contributed by atoms with Crippen LogP contribution in [-0.4, -0.2) is 55.8 Å². The van der Waals surface area contributed by atoms with E-state index in [4.69, 9.17) is 4.74 Å². The molecule has 0 saturated carbocycles. The SMILES string of the molecule is CC(=O)C1=NN(c2cc(F)ccc2F)CC1(CCCN1CCOCC1)c1ccccc1. The third kappa shape index (κ3) is 4.52. The second kappa shape index (κ2) is 9.24. The number of nitrogens with zero attached hydrogens (tertiary/aromatic N) is 3. The first-order chi connectivity index (χ1) is 15.0. The van der Waals surface area contributed by atoms with Gasteiger partial charge in [0.25, 0.3) is 0 Å². The molecule has 1 fully saturated rings. The third-order valence-electron chi connectivity index (χ3n) is 6.12. The van der Waals surface area contributed by atoms with Crippen molar-refractivity contribution in [3.05, 3.63) is 65.7 Å². The second-order valence-corrected chi connectivity index (χ2v) is 8.16. The standard InChI is InChI=1S/C24H27F2N3O2/c1-18(30)23-24(19-6-3-2-4-7-19,10-5-11-28-12-14-31-15-13-28)17-29(27-23)22-16-20(25)8-9-21(22)26/h2-4,6-9,16H,5,10-15,17H2,1H3. The first kappa shape index (κ1) is 21.6. The van der Waals surface area contributed by atoms with Gasteiger partial charge in [-0.2, -0.15) is 5.10 Å². The van der Waals surface area contributed by atoms with Gasteiger partial charge in [0.05, 0.1) is 30.9 Å². The summed E-state index contributed by atoms with van der Waals surface area (Å²) in [5, 5.41) is 5.96. The van der Waals surface area contributed by atoms with Crippen molar-refractivity contribution >= 4 is 17.2 Å². The smallest absolute Gasteiger partial charge is 0.176 e. The van der Waals surface area contributed by atoms with E-state index in [9.17, 15) is 13.6 Å². The number of carbonyl (C=O) groups is 1. The van der Waals surface area contributed by atoms with Crippen LogP contribution in [0.25, 0.3) is 0 Å². The van der Waals surface area contributed by atoms with Gasteiger partial charge in [0.2, 0.25) is 0 Å². The lowest BCUT2D eigenvalue weighted by atomic mass is 9.72. The zero-order chi connectivity index (χ0) is 21.8. The molecule has 0 aliphatic carbocycles. The number of hydrogen-bond donors (Lipinski definition) is 0. The monoisotopic (exact) mass is 427 g/mol. The highest BCUT2D eigenvalue weighted by atomic mass is 19.1. The van der Waals surface area contributed by atoms with Crippen LogP contribution in [0.3, 0.4) is 0 Å². The van der Waals surface area contributed by atoms with E-state index in [2.05, 4.69) is 10.0 Å². The number of hydrazone groups is 1. The molecule has 0 N–H and O–H groups in total. The molecule has 0 bridgehead atoms. The normalized spacial score (nSPS) is 21.9. The molecular formula is C24H27F2N3O2. The average molecular weight is 427 g/mol. The molecule has 2 aromatic rings. The predicted octanol–water partition coefficient (Wildman–Crippen LogP) is 3.78. The number of Topliss-reactive ketones (excluding diaryl/α,β-unsaturated/α-hetero) is 1. The van der Waals surface area contributed by atoms with Crippen molar-refractivity contribution in [2.24, 2.45) is 5.10 Å². The van der Waals surface area contributed by atoms with Crippen molar-refractivity contribution in [2.45, 2.75) is 25.2 Å². The van der Waals surface area contributed by atoms with Gasteiger partial charge in [0.15, 0.2) is 5.78 Å². The van der Waals surface area contributed by atoms with Crippen LogP contribution in [0.4, 0.5) is 14.5 Å². The van der Waals surface area contributed by atoms with Crippen molar-refractivity contribution in [1.82, 2.24) is 4.90 Å². The van der Waals surface area contributed by atoms with Crippen LogP contribution >= 0.6 is 0 Å². The lowest BCUT2D eigenvalue weighted by molar-refractivity contribution is -0.111. The number of ether oxygens (including phenoxy) is 1. The molecule has 0 aromatic heterocycles. The lowest BCUT2D eigenvalue weighted by Crippen LogP contribution is -2.43. The van der Waals surface area contributed by atoms with Crippen molar-refractivity contribution in [2.75, 3.05) is 44.4 Å². The first-order valence-corrected chi connectivity index (χ1v) is 10.7. The summed E-state index contributed by atoms with van der Waals surface area (Å²) in [6.45, 7) is 5.92. The highest BCUT2D eigenvalue weighted by molar-refractivity contribution is 6.43. The molecule has 0 spiro atoms. The number of benzene rings is 2. The fourth-order valence-corrected chi connectivity index (χ4v) is 4.57. The highest BCUT2D eigenvalue weighted by Gasteiger charge is 2.46. The van der Waals surface area contributed by atoms with Gasteiger partial charge in [-0.25, -0.2) is 8.78 Å². The molecule has 1 atom stereocenters. The Morgan fingerprint density at radius 3 is 2.58 bits per heavy atom. The van der Waals surface area contributed by atoms with Crippen LogP contribution in [0.5, 0.6) is 0 Å². The van der Waals surface area contributed by atoms with Crippen LogP contribution in [0.15, 0.2) is 53.6 Å². The van der Waals surface area contributed by atoms with Gasteiger partial charge in [-0.15, -0.1) is 0 Å². The van der Waals surface area contributed by atoms with Crippen LogP contribution in [-0.2, 0) is 14.9 Å². The number of hydrogen-bond acceptors (Lipinski definition) is 5. The molecule has 2 aliphatic rings. The fourth-order valence-electron chi connectivity index (χ4n) is 4.57. The van der Waals surface area contributed by atoms with Gasteiger partial charge in [-0.3, -0.25) is 14.7 Å². The van der Waals surface area contributed by atoms with Gasteiger partial charge in [0.1, 0.15) is 17.3 Å². The summed E-state index contributed by atoms with van der Waals surface area (Å²) in [7, 11) is 0. The minimum atomic E-state index is -0.682. The molecule has 1 unspecified atom stereocenters. The van der Waals surface area contributed by atoms with E-state index in [0.717, 1.165) is 63.0 Å². The van der Waals surface area contributed by atoms with Crippen molar-refractivity contribution < 1.29 is 18.3 Å². The Morgan fingerprint density at radius 2 is 1.87 bits per heavy atom. The van der Waals surface area contributed by atoms with Gasteiger partial charge >= 0.3 is 0 Å². The molecule has 2 heterocycles. The highest BCUT2D eigenvalue weighted by Crippen LogP contribution is 2.40. The van der Waals surface area contributed by atoms with Crippen LogP contribution < -0.4 is 5.01 Å². The van der Waals surface area contributed by atoms with Crippen molar-refractivity contribution in [3.8, 4) is 0 Å². The summed E-state index contributed by atoms with van der Waals surface area (Å²) in [4.78, 5) is 15.0. The summed E-state index contributed by atoms with van der Waals surface area (Å²) in [6, 6.07) is 13.1. The minimum Gasteiger partial charge on any atom is -0.379 e. The van der Waals surface area contributed by atoms with Gasteiger partial charge in [-0.05, 0) is 37.1 Å². The molecule has 0 radical (unpaired) electrons.